The van der Waals surface area contributed by atoms with Crippen LogP contribution in [-0.4, -0.2) is 54.1 Å². The molecule has 0 N–H and O–H groups in total. The quantitative estimate of drug-likeness (QED) is 0.564. The maximum Gasteiger partial charge on any atom is 0.227 e. The fourth-order valence-electron chi connectivity index (χ4n) is 5.10. The number of aryl methyl sites for hydroxylation is 2. The third kappa shape index (κ3) is 4.07. The summed E-state index contributed by atoms with van der Waals surface area (Å²) in [6, 6.07) is 7.78. The van der Waals surface area contributed by atoms with E-state index in [4.69, 9.17) is 14.7 Å². The number of fused-ring (bicyclic) bond motifs is 3. The summed E-state index contributed by atoms with van der Waals surface area (Å²) in [5.41, 5.74) is 2.52. The second-order valence-corrected chi connectivity index (χ2v) is 10.5. The predicted octanol–water partition coefficient (Wildman–Crippen LogP) is 4.35. The Morgan fingerprint density at radius 2 is 1.82 bits per heavy atom. The Kier molecular flexibility index (Phi) is 5.45. The van der Waals surface area contributed by atoms with Crippen LogP contribution in [0.15, 0.2) is 24.3 Å². The lowest BCUT2D eigenvalue weighted by Crippen LogP contribution is -2.49. The first-order valence-corrected chi connectivity index (χ1v) is 13.0. The minimum atomic E-state index is 0.194. The van der Waals surface area contributed by atoms with E-state index in [2.05, 4.69) is 4.90 Å². The van der Waals surface area contributed by atoms with Gasteiger partial charge in [0.25, 0.3) is 0 Å². The van der Waals surface area contributed by atoms with E-state index in [9.17, 15) is 4.79 Å². The van der Waals surface area contributed by atoms with Gasteiger partial charge in [-0.3, -0.25) is 4.79 Å². The SMILES string of the molecule is COc1ccc(CC(=O)N2CCN(c3nc(C4CC4)nc4sc5c(c34)CCCC5)CC2)cc1. The molecule has 7 heteroatoms. The molecule has 0 atom stereocenters. The monoisotopic (exact) mass is 462 g/mol. The molecule has 2 fully saturated rings. The number of thiophene rings is 1. The van der Waals surface area contributed by atoms with Crippen molar-refractivity contribution < 1.29 is 9.53 Å². The number of hydrogen-bond acceptors (Lipinski definition) is 6. The molecule has 172 valence electrons. The van der Waals surface area contributed by atoms with Crippen LogP contribution < -0.4 is 9.64 Å². The maximum atomic E-state index is 12.9. The van der Waals surface area contributed by atoms with Gasteiger partial charge >= 0.3 is 0 Å². The van der Waals surface area contributed by atoms with E-state index in [0.29, 0.717) is 12.3 Å². The minimum Gasteiger partial charge on any atom is -0.497 e. The van der Waals surface area contributed by atoms with Gasteiger partial charge in [-0.1, -0.05) is 12.1 Å². The number of rotatable bonds is 5. The van der Waals surface area contributed by atoms with Crippen LogP contribution >= 0.6 is 11.3 Å². The highest BCUT2D eigenvalue weighted by Gasteiger charge is 2.32. The molecule has 3 aliphatic rings. The third-order valence-corrected chi connectivity index (χ3v) is 8.39. The molecule has 1 aliphatic heterocycles. The number of carbonyl (C=O) groups is 1. The lowest BCUT2D eigenvalue weighted by atomic mass is 9.97. The van der Waals surface area contributed by atoms with E-state index in [1.165, 1.54) is 52.8 Å². The fourth-order valence-corrected chi connectivity index (χ4v) is 6.37. The van der Waals surface area contributed by atoms with Gasteiger partial charge in [-0.05, 0) is 61.8 Å². The molecule has 1 amide bonds. The average molecular weight is 463 g/mol. The van der Waals surface area contributed by atoms with Gasteiger partial charge in [0, 0.05) is 37.0 Å². The zero-order valence-corrected chi connectivity index (χ0v) is 20.0. The van der Waals surface area contributed by atoms with Gasteiger partial charge in [-0.2, -0.15) is 0 Å². The van der Waals surface area contributed by atoms with Gasteiger partial charge in [0.05, 0.1) is 18.9 Å². The molecule has 1 saturated carbocycles. The van der Waals surface area contributed by atoms with Gasteiger partial charge < -0.3 is 14.5 Å². The van der Waals surface area contributed by atoms with Crippen LogP contribution in [0.1, 0.15) is 53.4 Å². The number of hydrogen-bond donors (Lipinski definition) is 0. The fraction of sp³-hybridized carbons (Fsp3) is 0.500. The molecule has 1 aromatic carbocycles. The molecule has 3 aromatic rings. The Morgan fingerprint density at radius 3 is 2.55 bits per heavy atom. The van der Waals surface area contributed by atoms with E-state index in [1.54, 1.807) is 7.11 Å². The summed E-state index contributed by atoms with van der Waals surface area (Å²) in [7, 11) is 1.66. The molecular weight excluding hydrogens is 432 g/mol. The topological polar surface area (TPSA) is 58.6 Å². The molecule has 2 aliphatic carbocycles. The van der Waals surface area contributed by atoms with Crippen molar-refractivity contribution in [3.63, 3.8) is 0 Å². The van der Waals surface area contributed by atoms with Crippen LogP contribution in [0.25, 0.3) is 10.2 Å². The molecule has 0 radical (unpaired) electrons. The van der Waals surface area contributed by atoms with Crippen molar-refractivity contribution >= 4 is 33.3 Å². The number of nitrogens with zero attached hydrogens (tertiary/aromatic N) is 4. The highest BCUT2D eigenvalue weighted by atomic mass is 32.1. The third-order valence-electron chi connectivity index (χ3n) is 7.20. The smallest absolute Gasteiger partial charge is 0.227 e. The van der Waals surface area contributed by atoms with Gasteiger partial charge in [0.2, 0.25) is 5.91 Å². The van der Waals surface area contributed by atoms with Gasteiger partial charge in [0.15, 0.2) is 0 Å². The summed E-state index contributed by atoms with van der Waals surface area (Å²) in [5.74, 6) is 3.72. The van der Waals surface area contributed by atoms with Crippen molar-refractivity contribution in [1.82, 2.24) is 14.9 Å². The van der Waals surface area contributed by atoms with E-state index in [1.807, 2.05) is 40.5 Å². The lowest BCUT2D eigenvalue weighted by Gasteiger charge is -2.36. The second-order valence-electron chi connectivity index (χ2n) is 9.46. The van der Waals surface area contributed by atoms with Crippen molar-refractivity contribution in [3.05, 3.63) is 46.1 Å². The summed E-state index contributed by atoms with van der Waals surface area (Å²) < 4.78 is 5.22. The van der Waals surface area contributed by atoms with Crippen molar-refractivity contribution in [1.29, 1.82) is 0 Å². The first kappa shape index (κ1) is 20.9. The van der Waals surface area contributed by atoms with E-state index >= 15 is 0 Å². The number of benzene rings is 1. The standard InChI is InChI=1S/C26H30N4O2S/c1-32-19-10-6-17(7-11-19)16-22(31)29-12-14-30(15-13-29)25-23-20-4-2-3-5-21(20)33-26(23)28-24(27-25)18-8-9-18/h6-7,10-11,18H,2-5,8-9,12-16H2,1H3. The summed E-state index contributed by atoms with van der Waals surface area (Å²) in [6.45, 7) is 3.14. The molecule has 3 heterocycles. The summed E-state index contributed by atoms with van der Waals surface area (Å²) in [5, 5.41) is 1.30. The van der Waals surface area contributed by atoms with Crippen LogP contribution in [0.3, 0.4) is 0 Å². The van der Waals surface area contributed by atoms with Crippen molar-refractivity contribution in [3.8, 4) is 5.75 Å². The lowest BCUT2D eigenvalue weighted by molar-refractivity contribution is -0.130. The zero-order valence-electron chi connectivity index (χ0n) is 19.2. The number of anilines is 1. The molecule has 0 spiro atoms. The Balaban J connectivity index is 1.21. The highest BCUT2D eigenvalue weighted by Crippen LogP contribution is 2.44. The first-order chi connectivity index (χ1) is 16.2. The number of carbonyl (C=O) groups excluding carboxylic acids is 1. The first-order valence-electron chi connectivity index (χ1n) is 12.2. The van der Waals surface area contributed by atoms with Crippen LogP contribution in [0.4, 0.5) is 5.82 Å². The van der Waals surface area contributed by atoms with Gasteiger partial charge in [0.1, 0.15) is 22.2 Å². The predicted molar refractivity (Wildman–Crippen MR) is 132 cm³/mol. The Labute approximate surface area is 198 Å². The summed E-state index contributed by atoms with van der Waals surface area (Å²) in [6.07, 6.45) is 7.74. The average Bonchev–Trinajstić information content (AvgIpc) is 3.64. The van der Waals surface area contributed by atoms with Gasteiger partial charge in [-0.25, -0.2) is 9.97 Å². The Morgan fingerprint density at radius 1 is 1.06 bits per heavy atom. The van der Waals surface area contributed by atoms with Crippen molar-refractivity contribution in [2.75, 3.05) is 38.2 Å². The highest BCUT2D eigenvalue weighted by molar-refractivity contribution is 7.19. The largest absolute Gasteiger partial charge is 0.497 e. The van der Waals surface area contributed by atoms with Gasteiger partial charge in [-0.15, -0.1) is 11.3 Å². The second kappa shape index (κ2) is 8.60. The van der Waals surface area contributed by atoms with E-state index < -0.39 is 0 Å². The van der Waals surface area contributed by atoms with Crippen LogP contribution in [0.2, 0.25) is 0 Å². The van der Waals surface area contributed by atoms with E-state index in [0.717, 1.165) is 55.6 Å². The molecule has 2 aromatic heterocycles. The molecule has 0 unspecified atom stereocenters. The molecule has 1 saturated heterocycles. The molecule has 6 rings (SSSR count). The molecule has 0 bridgehead atoms. The normalized spacial score (nSPS) is 18.5. The van der Waals surface area contributed by atoms with Crippen molar-refractivity contribution in [2.45, 2.75) is 50.9 Å². The zero-order chi connectivity index (χ0) is 22.4. The maximum absolute atomic E-state index is 12.9. The minimum absolute atomic E-state index is 0.194. The van der Waals surface area contributed by atoms with E-state index in [-0.39, 0.29) is 5.91 Å². The van der Waals surface area contributed by atoms with Crippen LogP contribution in [-0.2, 0) is 24.1 Å². The number of amides is 1. The Bertz CT molecular complexity index is 1180. The molecular formula is C26H30N4O2S. The van der Waals surface area contributed by atoms with Crippen LogP contribution in [0, 0.1) is 0 Å². The Hall–Kier alpha value is -2.67. The number of aromatic nitrogens is 2. The number of piperazine rings is 1. The summed E-state index contributed by atoms with van der Waals surface area (Å²) >= 11 is 1.90. The van der Waals surface area contributed by atoms with Crippen molar-refractivity contribution in [2.24, 2.45) is 0 Å². The number of ether oxygens (including phenoxy) is 1. The van der Waals surface area contributed by atoms with Crippen LogP contribution in [0.5, 0.6) is 5.75 Å². The summed E-state index contributed by atoms with van der Waals surface area (Å²) in [4.78, 5) is 30.2. The molecule has 33 heavy (non-hydrogen) atoms. The number of methoxy groups -OCH3 is 1. The molecule has 6 nitrogen and oxygen atoms in total.